The summed E-state index contributed by atoms with van der Waals surface area (Å²) in [5.41, 5.74) is 0. The summed E-state index contributed by atoms with van der Waals surface area (Å²) >= 11 is 0. The summed E-state index contributed by atoms with van der Waals surface area (Å²) in [5.74, 6) is -0.657. The standard InChI is InChI=1S/C4H3NO2.Re/c6-3-1-2-4(7)5-3;/h1-2H,(H,5,6,7);. The second-order valence-electron chi connectivity index (χ2n) is 1.19. The Morgan fingerprint density at radius 3 is 1.62 bits per heavy atom. The van der Waals surface area contributed by atoms with Crippen LogP contribution in [-0.4, -0.2) is 11.8 Å². The molecule has 0 aromatic carbocycles. The van der Waals surface area contributed by atoms with Crippen molar-refractivity contribution < 1.29 is 30.0 Å². The first-order chi connectivity index (χ1) is 3.29. The van der Waals surface area contributed by atoms with Crippen LogP contribution in [0.1, 0.15) is 0 Å². The molecule has 43 valence electrons. The van der Waals surface area contributed by atoms with E-state index in [2.05, 4.69) is 0 Å². The van der Waals surface area contributed by atoms with Gasteiger partial charge >= 0.3 is 0 Å². The van der Waals surface area contributed by atoms with Crippen LogP contribution in [0.2, 0.25) is 0 Å². The molecule has 4 heteroatoms. The van der Waals surface area contributed by atoms with E-state index in [1.54, 1.807) is 0 Å². The van der Waals surface area contributed by atoms with Gasteiger partial charge < -0.3 is 0 Å². The van der Waals surface area contributed by atoms with E-state index in [9.17, 15) is 9.59 Å². The maximum atomic E-state index is 10.0. The first-order valence-corrected chi connectivity index (χ1v) is 1.82. The topological polar surface area (TPSA) is 46.2 Å². The number of imide groups is 1. The number of hydrogen-bond donors (Lipinski definition) is 1. The first-order valence-electron chi connectivity index (χ1n) is 1.82. The van der Waals surface area contributed by atoms with Crippen LogP contribution in [0.15, 0.2) is 12.2 Å². The number of amides is 2. The van der Waals surface area contributed by atoms with Gasteiger partial charge in [0.25, 0.3) is 11.8 Å². The van der Waals surface area contributed by atoms with Gasteiger partial charge in [0, 0.05) is 32.6 Å². The zero-order valence-electron chi connectivity index (χ0n) is 3.85. The molecule has 0 fully saturated rings. The number of nitrogens with one attached hydrogen (secondary N) is 1. The summed E-state index contributed by atoms with van der Waals surface area (Å²) < 4.78 is 0. The molecule has 1 aliphatic heterocycles. The number of rotatable bonds is 0. The summed E-state index contributed by atoms with van der Waals surface area (Å²) in [7, 11) is 0. The summed E-state index contributed by atoms with van der Waals surface area (Å²) in [4.78, 5) is 20.1. The van der Waals surface area contributed by atoms with Crippen molar-refractivity contribution in [1.29, 1.82) is 0 Å². The van der Waals surface area contributed by atoms with Crippen molar-refractivity contribution in [2.45, 2.75) is 0 Å². The molecule has 0 saturated heterocycles. The van der Waals surface area contributed by atoms with Gasteiger partial charge in [0.15, 0.2) is 0 Å². The van der Waals surface area contributed by atoms with Gasteiger partial charge in [-0.3, -0.25) is 14.9 Å². The SMILES string of the molecule is O=C1C=CC(=O)N1.[Re]. The molecule has 0 aliphatic carbocycles. The second kappa shape index (κ2) is 2.75. The molecule has 8 heavy (non-hydrogen) atoms. The summed E-state index contributed by atoms with van der Waals surface area (Å²) in [6.45, 7) is 0. The first kappa shape index (κ1) is 7.54. The van der Waals surface area contributed by atoms with Crippen LogP contribution in [0.5, 0.6) is 0 Å². The Hall–Kier alpha value is -0.458. The number of carbonyl (C=O) groups excluding carboxylic acids is 2. The molecule has 1 radical (unpaired) electrons. The zero-order valence-corrected chi connectivity index (χ0v) is 6.56. The van der Waals surface area contributed by atoms with Crippen LogP contribution in [0.3, 0.4) is 0 Å². The van der Waals surface area contributed by atoms with Gasteiger partial charge in [-0.2, -0.15) is 0 Å². The van der Waals surface area contributed by atoms with Crippen LogP contribution in [0.4, 0.5) is 0 Å². The summed E-state index contributed by atoms with van der Waals surface area (Å²) in [6.07, 6.45) is 2.39. The molecule has 1 N–H and O–H groups in total. The Morgan fingerprint density at radius 1 is 1.12 bits per heavy atom. The molecular formula is C4H3NO2Re. The maximum Gasteiger partial charge on any atom is 0.250 e. The predicted octanol–water partition coefficient (Wildman–Crippen LogP) is -0.804. The van der Waals surface area contributed by atoms with Gasteiger partial charge in [-0.05, 0) is 0 Å². The van der Waals surface area contributed by atoms with Crippen LogP contribution >= 0.6 is 0 Å². The van der Waals surface area contributed by atoms with Crippen molar-refractivity contribution in [3.63, 3.8) is 0 Å². The summed E-state index contributed by atoms with van der Waals surface area (Å²) in [6, 6.07) is 0. The number of hydrogen-bond acceptors (Lipinski definition) is 2. The third-order valence-electron chi connectivity index (χ3n) is 0.632. The van der Waals surface area contributed by atoms with E-state index >= 15 is 0 Å². The van der Waals surface area contributed by atoms with Gasteiger partial charge in [0.2, 0.25) is 0 Å². The Bertz CT molecular complexity index is 136. The molecule has 0 atom stereocenters. The van der Waals surface area contributed by atoms with E-state index in [1.165, 1.54) is 12.2 Å². The molecule has 0 aromatic rings. The van der Waals surface area contributed by atoms with E-state index in [0.717, 1.165) is 0 Å². The molecule has 0 saturated carbocycles. The Kier molecular flexibility index (Phi) is 2.60. The van der Waals surface area contributed by atoms with Gasteiger partial charge in [-0.15, -0.1) is 0 Å². The van der Waals surface area contributed by atoms with E-state index in [4.69, 9.17) is 0 Å². The molecule has 2 amide bonds. The van der Waals surface area contributed by atoms with E-state index < -0.39 is 0 Å². The molecular weight excluding hydrogens is 280 g/mol. The Balaban J connectivity index is 0.000000490. The minimum Gasteiger partial charge on any atom is -0.289 e. The molecule has 0 spiro atoms. The van der Waals surface area contributed by atoms with Gasteiger partial charge in [-0.1, -0.05) is 0 Å². The molecule has 1 aliphatic rings. The normalized spacial score (nSPS) is 15.5. The molecule has 1 heterocycles. The maximum absolute atomic E-state index is 10.0. The third kappa shape index (κ3) is 1.57. The molecule has 0 aromatic heterocycles. The van der Waals surface area contributed by atoms with E-state index in [-0.39, 0.29) is 32.2 Å². The van der Waals surface area contributed by atoms with Gasteiger partial charge in [-0.25, -0.2) is 0 Å². The predicted molar refractivity (Wildman–Crippen MR) is 22.3 cm³/mol. The zero-order chi connectivity index (χ0) is 5.28. The van der Waals surface area contributed by atoms with Crippen molar-refractivity contribution in [3.8, 4) is 0 Å². The molecule has 3 nitrogen and oxygen atoms in total. The van der Waals surface area contributed by atoms with Crippen molar-refractivity contribution in [2.75, 3.05) is 0 Å². The minimum atomic E-state index is -0.329. The smallest absolute Gasteiger partial charge is 0.250 e. The van der Waals surface area contributed by atoms with Crippen LogP contribution in [0.25, 0.3) is 0 Å². The van der Waals surface area contributed by atoms with Crippen molar-refractivity contribution in [2.24, 2.45) is 0 Å². The Morgan fingerprint density at radius 2 is 1.50 bits per heavy atom. The molecule has 0 unspecified atom stereocenters. The fourth-order valence-corrected chi connectivity index (χ4v) is 0.356. The minimum absolute atomic E-state index is 0. The summed E-state index contributed by atoms with van der Waals surface area (Å²) in [5, 5.41) is 2.03. The van der Waals surface area contributed by atoms with E-state index in [1.807, 2.05) is 5.32 Å². The van der Waals surface area contributed by atoms with Crippen LogP contribution in [0, 0.1) is 0 Å². The average molecular weight is 283 g/mol. The quantitative estimate of drug-likeness (QED) is 0.592. The largest absolute Gasteiger partial charge is 0.289 e. The van der Waals surface area contributed by atoms with Crippen molar-refractivity contribution in [3.05, 3.63) is 12.2 Å². The van der Waals surface area contributed by atoms with Crippen LogP contribution in [-0.2, 0) is 30.0 Å². The van der Waals surface area contributed by atoms with Crippen molar-refractivity contribution >= 4 is 11.8 Å². The monoisotopic (exact) mass is 284 g/mol. The fraction of sp³-hybridized carbons (Fsp3) is 0. The van der Waals surface area contributed by atoms with Gasteiger partial charge in [0.1, 0.15) is 0 Å². The van der Waals surface area contributed by atoms with E-state index in [0.29, 0.717) is 0 Å². The van der Waals surface area contributed by atoms with Gasteiger partial charge in [0.05, 0.1) is 0 Å². The van der Waals surface area contributed by atoms with Crippen LogP contribution < -0.4 is 5.32 Å². The third-order valence-corrected chi connectivity index (χ3v) is 0.632. The fourth-order valence-electron chi connectivity index (χ4n) is 0.356. The second-order valence-corrected chi connectivity index (χ2v) is 1.19. The van der Waals surface area contributed by atoms with Crippen molar-refractivity contribution in [1.82, 2.24) is 5.32 Å². The average Bonchev–Trinajstić information content (AvgIpc) is 1.87. The molecule has 1 rings (SSSR count). The molecule has 0 bridgehead atoms. The Labute approximate surface area is 59.8 Å². The number of carbonyl (C=O) groups is 2.